The summed E-state index contributed by atoms with van der Waals surface area (Å²) in [4.78, 5) is 25.6. The zero-order valence-electron chi connectivity index (χ0n) is 15.8. The molecule has 0 saturated carbocycles. The SMILES string of the molecule is CC(=O)c1cccc(NC(=O)c2cn(Cc3ccccc3)nc2-c2cccs2)c1. The van der Waals surface area contributed by atoms with Gasteiger partial charge < -0.3 is 5.32 Å². The summed E-state index contributed by atoms with van der Waals surface area (Å²) in [7, 11) is 0. The molecule has 0 aliphatic rings. The summed E-state index contributed by atoms with van der Waals surface area (Å²) < 4.78 is 1.78. The van der Waals surface area contributed by atoms with Crippen LogP contribution in [0.4, 0.5) is 5.69 Å². The van der Waals surface area contributed by atoms with Crippen molar-refractivity contribution in [1.29, 1.82) is 0 Å². The Balaban J connectivity index is 1.65. The number of rotatable bonds is 6. The van der Waals surface area contributed by atoms with Gasteiger partial charge in [0.25, 0.3) is 5.91 Å². The van der Waals surface area contributed by atoms with Gasteiger partial charge in [0.05, 0.1) is 17.0 Å². The highest BCUT2D eigenvalue weighted by atomic mass is 32.1. The average Bonchev–Trinajstić information content (AvgIpc) is 3.39. The Morgan fingerprint density at radius 3 is 2.59 bits per heavy atom. The molecule has 5 nitrogen and oxygen atoms in total. The van der Waals surface area contributed by atoms with Gasteiger partial charge in [-0.15, -0.1) is 11.3 Å². The zero-order valence-corrected chi connectivity index (χ0v) is 16.6. The van der Waals surface area contributed by atoms with Gasteiger partial charge in [-0.3, -0.25) is 14.3 Å². The molecule has 1 amide bonds. The fourth-order valence-electron chi connectivity index (χ4n) is 3.05. The van der Waals surface area contributed by atoms with Crippen molar-refractivity contribution in [3.05, 3.63) is 95.0 Å². The lowest BCUT2D eigenvalue weighted by Crippen LogP contribution is -2.12. The Morgan fingerprint density at radius 2 is 1.86 bits per heavy atom. The van der Waals surface area contributed by atoms with Crippen molar-refractivity contribution in [2.24, 2.45) is 0 Å². The summed E-state index contributed by atoms with van der Waals surface area (Å²) in [6.07, 6.45) is 1.77. The van der Waals surface area contributed by atoms with Gasteiger partial charge in [0.15, 0.2) is 5.78 Å². The number of carbonyl (C=O) groups is 2. The second kappa shape index (κ2) is 8.24. The molecule has 29 heavy (non-hydrogen) atoms. The molecule has 0 aliphatic carbocycles. The maximum Gasteiger partial charge on any atom is 0.259 e. The van der Waals surface area contributed by atoms with Gasteiger partial charge in [0.2, 0.25) is 0 Å². The molecular formula is C23H19N3O2S. The fourth-order valence-corrected chi connectivity index (χ4v) is 3.77. The molecule has 6 heteroatoms. The van der Waals surface area contributed by atoms with E-state index in [-0.39, 0.29) is 11.7 Å². The van der Waals surface area contributed by atoms with E-state index in [1.807, 2.05) is 47.8 Å². The first-order valence-corrected chi connectivity index (χ1v) is 10.1. The molecular weight excluding hydrogens is 382 g/mol. The van der Waals surface area contributed by atoms with Crippen molar-refractivity contribution in [3.63, 3.8) is 0 Å². The molecule has 0 aliphatic heterocycles. The molecule has 0 spiro atoms. The molecule has 144 valence electrons. The van der Waals surface area contributed by atoms with Crippen molar-refractivity contribution in [3.8, 4) is 10.6 Å². The summed E-state index contributed by atoms with van der Waals surface area (Å²) >= 11 is 1.54. The van der Waals surface area contributed by atoms with E-state index in [1.165, 1.54) is 18.3 Å². The molecule has 1 N–H and O–H groups in total. The summed E-state index contributed by atoms with van der Waals surface area (Å²) in [6.45, 7) is 2.08. The van der Waals surface area contributed by atoms with Gasteiger partial charge in [-0.2, -0.15) is 5.10 Å². The lowest BCUT2D eigenvalue weighted by atomic mass is 10.1. The van der Waals surface area contributed by atoms with Crippen LogP contribution in [-0.2, 0) is 6.54 Å². The normalized spacial score (nSPS) is 10.7. The van der Waals surface area contributed by atoms with E-state index in [0.717, 1.165) is 10.4 Å². The van der Waals surface area contributed by atoms with Crippen LogP contribution in [0, 0.1) is 0 Å². The number of thiophene rings is 1. The number of aromatic nitrogens is 2. The topological polar surface area (TPSA) is 64.0 Å². The fraction of sp³-hybridized carbons (Fsp3) is 0.0870. The molecule has 0 unspecified atom stereocenters. The van der Waals surface area contributed by atoms with Crippen LogP contribution >= 0.6 is 11.3 Å². The van der Waals surface area contributed by atoms with Gasteiger partial charge in [0.1, 0.15) is 5.69 Å². The second-order valence-corrected chi connectivity index (χ2v) is 7.59. The number of Topliss-reactive ketones (excluding diaryl/α,β-unsaturated/α-hetero) is 1. The van der Waals surface area contributed by atoms with E-state index in [1.54, 1.807) is 35.1 Å². The molecule has 0 fully saturated rings. The predicted octanol–water partition coefficient (Wildman–Crippen LogP) is 5.11. The van der Waals surface area contributed by atoms with Crippen LogP contribution in [0.5, 0.6) is 0 Å². The number of hydrogen-bond acceptors (Lipinski definition) is 4. The monoisotopic (exact) mass is 401 g/mol. The van der Waals surface area contributed by atoms with Crippen LogP contribution in [0.3, 0.4) is 0 Å². The number of nitrogens with zero attached hydrogens (tertiary/aromatic N) is 2. The second-order valence-electron chi connectivity index (χ2n) is 6.64. The van der Waals surface area contributed by atoms with Crippen molar-refractivity contribution in [2.75, 3.05) is 5.32 Å². The van der Waals surface area contributed by atoms with Crippen LogP contribution in [0.15, 0.2) is 78.3 Å². The summed E-state index contributed by atoms with van der Waals surface area (Å²) in [6, 6.07) is 20.8. The minimum absolute atomic E-state index is 0.0453. The minimum atomic E-state index is -0.256. The molecule has 2 aromatic carbocycles. The Hall–Kier alpha value is -3.51. The molecule has 0 saturated heterocycles. The van der Waals surface area contributed by atoms with Gasteiger partial charge in [0, 0.05) is 17.4 Å². The van der Waals surface area contributed by atoms with Gasteiger partial charge in [-0.05, 0) is 36.1 Å². The third-order valence-corrected chi connectivity index (χ3v) is 5.35. The van der Waals surface area contributed by atoms with Crippen LogP contribution in [-0.4, -0.2) is 21.5 Å². The van der Waals surface area contributed by atoms with Gasteiger partial charge in [-0.1, -0.05) is 48.5 Å². The van der Waals surface area contributed by atoms with Gasteiger partial charge in [-0.25, -0.2) is 0 Å². The number of anilines is 1. The summed E-state index contributed by atoms with van der Waals surface area (Å²) in [5.74, 6) is -0.301. The smallest absolute Gasteiger partial charge is 0.259 e. The number of ketones is 1. The van der Waals surface area contributed by atoms with Crippen molar-refractivity contribution < 1.29 is 9.59 Å². The third-order valence-electron chi connectivity index (χ3n) is 4.48. The van der Waals surface area contributed by atoms with E-state index < -0.39 is 0 Å². The first kappa shape index (κ1) is 18.8. The quantitative estimate of drug-likeness (QED) is 0.456. The summed E-state index contributed by atoms with van der Waals surface area (Å²) in [5, 5.41) is 9.52. The Morgan fingerprint density at radius 1 is 1.03 bits per heavy atom. The standard InChI is InChI=1S/C23H19N3O2S/c1-16(27)18-9-5-10-19(13-18)24-23(28)20-15-26(14-17-7-3-2-4-8-17)25-22(20)21-11-6-12-29-21/h2-13,15H,14H2,1H3,(H,24,28). The molecule has 0 atom stereocenters. The molecule has 4 rings (SSSR count). The predicted molar refractivity (Wildman–Crippen MR) is 115 cm³/mol. The Labute approximate surface area is 172 Å². The van der Waals surface area contributed by atoms with E-state index in [4.69, 9.17) is 0 Å². The highest BCUT2D eigenvalue weighted by molar-refractivity contribution is 7.13. The highest BCUT2D eigenvalue weighted by Gasteiger charge is 2.19. The van der Waals surface area contributed by atoms with Gasteiger partial charge >= 0.3 is 0 Å². The maximum atomic E-state index is 13.0. The lowest BCUT2D eigenvalue weighted by Gasteiger charge is -2.06. The molecule has 2 heterocycles. The van der Waals surface area contributed by atoms with Crippen molar-refractivity contribution in [2.45, 2.75) is 13.5 Å². The molecule has 2 aromatic heterocycles. The number of nitrogens with one attached hydrogen (secondary N) is 1. The van der Waals surface area contributed by atoms with E-state index in [9.17, 15) is 9.59 Å². The third kappa shape index (κ3) is 4.33. The first-order valence-electron chi connectivity index (χ1n) is 9.18. The van der Waals surface area contributed by atoms with Crippen molar-refractivity contribution in [1.82, 2.24) is 9.78 Å². The average molecular weight is 401 g/mol. The lowest BCUT2D eigenvalue weighted by molar-refractivity contribution is 0.101. The molecule has 4 aromatic rings. The van der Waals surface area contributed by atoms with Crippen LogP contribution in [0.25, 0.3) is 10.6 Å². The number of hydrogen-bond donors (Lipinski definition) is 1. The van der Waals surface area contributed by atoms with Crippen LogP contribution in [0.1, 0.15) is 33.2 Å². The van der Waals surface area contributed by atoms with E-state index in [2.05, 4.69) is 10.4 Å². The number of amides is 1. The van der Waals surface area contributed by atoms with E-state index >= 15 is 0 Å². The minimum Gasteiger partial charge on any atom is -0.322 e. The first-order chi connectivity index (χ1) is 14.1. The Kier molecular flexibility index (Phi) is 5.35. The van der Waals surface area contributed by atoms with Crippen molar-refractivity contribution >= 4 is 28.7 Å². The molecule has 0 bridgehead atoms. The van der Waals surface area contributed by atoms with Crippen LogP contribution in [0.2, 0.25) is 0 Å². The van der Waals surface area contributed by atoms with Crippen LogP contribution < -0.4 is 5.32 Å². The zero-order chi connectivity index (χ0) is 20.2. The van der Waals surface area contributed by atoms with E-state index in [0.29, 0.717) is 29.1 Å². The Bertz CT molecular complexity index is 1150. The number of benzene rings is 2. The largest absolute Gasteiger partial charge is 0.322 e. The number of carbonyl (C=O) groups excluding carboxylic acids is 2. The highest BCUT2D eigenvalue weighted by Crippen LogP contribution is 2.27. The summed E-state index contributed by atoms with van der Waals surface area (Å²) in [5.41, 5.74) is 3.39. The molecule has 0 radical (unpaired) electrons. The maximum absolute atomic E-state index is 13.0.